The molecule has 1 aliphatic rings. The van der Waals surface area contributed by atoms with Crippen LogP contribution in [0.1, 0.15) is 20.3 Å². The second kappa shape index (κ2) is 6.77. The molecule has 2 atom stereocenters. The number of carbonyl (C=O) groups is 1. The Labute approximate surface area is 113 Å². The molecule has 1 heterocycles. The largest absolute Gasteiger partial charge is 0.465 e. The van der Waals surface area contributed by atoms with E-state index in [9.17, 15) is 13.2 Å². The molecule has 0 radical (unpaired) electrons. The Morgan fingerprint density at radius 2 is 2.17 bits per heavy atom. The molecule has 0 spiro atoms. The molecular formula is C11H21NO4S2. The van der Waals surface area contributed by atoms with Crippen molar-refractivity contribution in [2.75, 3.05) is 30.9 Å². The monoisotopic (exact) mass is 295 g/mol. The number of ether oxygens (including phenoxy) is 1. The van der Waals surface area contributed by atoms with Gasteiger partial charge in [-0.05, 0) is 13.3 Å². The molecular weight excluding hydrogens is 274 g/mol. The third kappa shape index (κ3) is 3.86. The van der Waals surface area contributed by atoms with Crippen molar-refractivity contribution < 1.29 is 17.9 Å². The van der Waals surface area contributed by atoms with E-state index in [2.05, 4.69) is 0 Å². The van der Waals surface area contributed by atoms with Gasteiger partial charge in [0.05, 0.1) is 6.61 Å². The number of nitrogens with zero attached hydrogens (tertiary/aromatic N) is 1. The Balaban J connectivity index is 2.90. The molecule has 0 N–H and O–H groups in total. The zero-order chi connectivity index (χ0) is 13.8. The second-order valence-corrected chi connectivity index (χ2v) is 7.63. The average molecular weight is 295 g/mol. The van der Waals surface area contributed by atoms with Crippen LogP contribution in [0.4, 0.5) is 0 Å². The molecule has 0 bridgehead atoms. The van der Waals surface area contributed by atoms with Gasteiger partial charge < -0.3 is 4.74 Å². The van der Waals surface area contributed by atoms with Crippen LogP contribution in [0, 0.1) is 0 Å². The number of hydrogen-bond donors (Lipinski definition) is 0. The summed E-state index contributed by atoms with van der Waals surface area (Å²) in [6, 6.07) is -0.453. The topological polar surface area (TPSA) is 63.7 Å². The Hall–Kier alpha value is -0.270. The van der Waals surface area contributed by atoms with Gasteiger partial charge >= 0.3 is 5.97 Å². The highest BCUT2D eigenvalue weighted by atomic mass is 32.2. The summed E-state index contributed by atoms with van der Waals surface area (Å²) >= 11 is 1.61. The maximum Gasteiger partial charge on any atom is 0.323 e. The smallest absolute Gasteiger partial charge is 0.323 e. The first-order valence-electron chi connectivity index (χ1n) is 6.10. The van der Waals surface area contributed by atoms with Gasteiger partial charge in [-0.2, -0.15) is 11.8 Å². The fourth-order valence-electron chi connectivity index (χ4n) is 2.09. The van der Waals surface area contributed by atoms with E-state index in [0.29, 0.717) is 25.3 Å². The van der Waals surface area contributed by atoms with Crippen molar-refractivity contribution in [3.63, 3.8) is 0 Å². The number of hydrogen-bond acceptors (Lipinski definition) is 6. The predicted octanol–water partition coefficient (Wildman–Crippen LogP) is 0.748. The van der Waals surface area contributed by atoms with Crippen molar-refractivity contribution >= 4 is 27.6 Å². The molecule has 7 heteroatoms. The van der Waals surface area contributed by atoms with E-state index < -0.39 is 21.3 Å². The molecule has 1 rings (SSSR count). The van der Waals surface area contributed by atoms with Crippen molar-refractivity contribution in [2.45, 2.75) is 31.7 Å². The first kappa shape index (κ1) is 15.8. The van der Waals surface area contributed by atoms with Crippen molar-refractivity contribution in [1.82, 2.24) is 4.90 Å². The van der Waals surface area contributed by atoms with Crippen LogP contribution in [-0.2, 0) is 19.4 Å². The molecule has 18 heavy (non-hydrogen) atoms. The van der Waals surface area contributed by atoms with Crippen LogP contribution in [0.15, 0.2) is 0 Å². The minimum Gasteiger partial charge on any atom is -0.465 e. The lowest BCUT2D eigenvalue weighted by Gasteiger charge is -2.38. The van der Waals surface area contributed by atoms with Gasteiger partial charge in [-0.25, -0.2) is 8.42 Å². The maximum absolute atomic E-state index is 11.9. The lowest BCUT2D eigenvalue weighted by Crippen LogP contribution is -2.54. The summed E-state index contributed by atoms with van der Waals surface area (Å²) in [5.74, 6) is 1.05. The molecule has 1 fully saturated rings. The zero-order valence-corrected chi connectivity index (χ0v) is 12.7. The molecule has 5 nitrogen and oxygen atoms in total. The minimum atomic E-state index is -3.18. The number of rotatable bonds is 5. The highest BCUT2D eigenvalue weighted by Crippen LogP contribution is 2.24. The van der Waals surface area contributed by atoms with Crippen molar-refractivity contribution in [3.05, 3.63) is 0 Å². The molecule has 2 unspecified atom stereocenters. The molecule has 0 saturated carbocycles. The van der Waals surface area contributed by atoms with E-state index in [1.807, 2.05) is 6.92 Å². The van der Waals surface area contributed by atoms with Crippen molar-refractivity contribution in [2.24, 2.45) is 0 Å². The number of esters is 1. The molecule has 0 aromatic rings. The van der Waals surface area contributed by atoms with Gasteiger partial charge in [-0.1, -0.05) is 6.92 Å². The van der Waals surface area contributed by atoms with Gasteiger partial charge in [0.15, 0.2) is 9.84 Å². The summed E-state index contributed by atoms with van der Waals surface area (Å²) in [5.41, 5.74) is 0. The Morgan fingerprint density at radius 3 is 2.67 bits per heavy atom. The predicted molar refractivity (Wildman–Crippen MR) is 73.4 cm³/mol. The highest BCUT2D eigenvalue weighted by Gasteiger charge is 2.38. The number of thioether (sulfide) groups is 1. The molecule has 1 aliphatic heterocycles. The Kier molecular flexibility index (Phi) is 5.94. The van der Waals surface area contributed by atoms with E-state index in [4.69, 9.17) is 4.74 Å². The van der Waals surface area contributed by atoms with Crippen LogP contribution >= 0.6 is 11.8 Å². The van der Waals surface area contributed by atoms with Crippen molar-refractivity contribution in [1.29, 1.82) is 0 Å². The summed E-state index contributed by atoms with van der Waals surface area (Å²) in [6.45, 7) is 4.56. The molecule has 106 valence electrons. The Bertz CT molecular complexity index is 383. The summed E-state index contributed by atoms with van der Waals surface area (Å²) in [6.07, 6.45) is 1.80. The van der Waals surface area contributed by atoms with Crippen LogP contribution in [0.2, 0.25) is 0 Å². The minimum absolute atomic E-state index is 0.319. The summed E-state index contributed by atoms with van der Waals surface area (Å²) < 4.78 is 28.6. The normalized spacial score (nSPS) is 23.6. The van der Waals surface area contributed by atoms with Crippen LogP contribution in [-0.4, -0.2) is 61.6 Å². The first-order valence-corrected chi connectivity index (χ1v) is 9.21. The number of sulfone groups is 1. The van der Waals surface area contributed by atoms with E-state index in [0.717, 1.165) is 5.75 Å². The SMILES string of the molecule is CCOC(=O)C(CC)N1CCSCC1S(C)(=O)=O. The van der Waals surface area contributed by atoms with Crippen LogP contribution in [0.25, 0.3) is 0 Å². The average Bonchev–Trinajstić information content (AvgIpc) is 2.29. The van der Waals surface area contributed by atoms with Gasteiger partial charge in [0.25, 0.3) is 0 Å². The van der Waals surface area contributed by atoms with E-state index in [1.54, 1.807) is 23.6 Å². The molecule has 0 aromatic carbocycles. The third-order valence-electron chi connectivity index (χ3n) is 2.96. The fraction of sp³-hybridized carbons (Fsp3) is 0.909. The summed E-state index contributed by atoms with van der Waals surface area (Å²) in [4.78, 5) is 13.7. The lowest BCUT2D eigenvalue weighted by atomic mass is 10.2. The van der Waals surface area contributed by atoms with Gasteiger partial charge in [0.2, 0.25) is 0 Å². The summed E-state index contributed by atoms with van der Waals surface area (Å²) in [5, 5.41) is -0.578. The fourth-order valence-corrected chi connectivity index (χ4v) is 5.02. The molecule has 0 amide bonds. The maximum atomic E-state index is 11.9. The standard InChI is InChI=1S/C11H21NO4S2/c1-4-9(11(13)16-5-2)12-6-7-17-8-10(12)18(3,14)15/h9-10H,4-8H2,1-3H3. The highest BCUT2D eigenvalue weighted by molar-refractivity contribution is 8.00. The van der Waals surface area contributed by atoms with Crippen LogP contribution < -0.4 is 0 Å². The van der Waals surface area contributed by atoms with Gasteiger partial charge in [-0.3, -0.25) is 9.69 Å². The zero-order valence-electron chi connectivity index (χ0n) is 11.1. The lowest BCUT2D eigenvalue weighted by molar-refractivity contribution is -0.149. The molecule has 1 saturated heterocycles. The van der Waals surface area contributed by atoms with Gasteiger partial charge in [-0.15, -0.1) is 0 Å². The third-order valence-corrected chi connectivity index (χ3v) is 5.62. The van der Waals surface area contributed by atoms with E-state index in [1.165, 1.54) is 6.26 Å². The van der Waals surface area contributed by atoms with Gasteiger partial charge in [0.1, 0.15) is 11.4 Å². The Morgan fingerprint density at radius 1 is 1.50 bits per heavy atom. The van der Waals surface area contributed by atoms with E-state index >= 15 is 0 Å². The van der Waals surface area contributed by atoms with Crippen LogP contribution in [0.5, 0.6) is 0 Å². The van der Waals surface area contributed by atoms with Crippen LogP contribution in [0.3, 0.4) is 0 Å². The van der Waals surface area contributed by atoms with Gasteiger partial charge in [0, 0.05) is 24.3 Å². The summed E-state index contributed by atoms with van der Waals surface area (Å²) in [7, 11) is -3.18. The first-order chi connectivity index (χ1) is 8.41. The van der Waals surface area contributed by atoms with E-state index in [-0.39, 0.29) is 5.97 Å². The second-order valence-electron chi connectivity index (χ2n) is 4.27. The quantitative estimate of drug-likeness (QED) is 0.697. The number of carbonyl (C=O) groups excluding carboxylic acids is 1. The molecule has 0 aromatic heterocycles. The molecule has 0 aliphatic carbocycles. The van der Waals surface area contributed by atoms with Crippen molar-refractivity contribution in [3.8, 4) is 0 Å².